The number of halogens is 3. The minimum atomic E-state index is -4.75. The Morgan fingerprint density at radius 3 is 2.36 bits per heavy atom. The van der Waals surface area contributed by atoms with Crippen LogP contribution < -0.4 is 11.1 Å². The van der Waals surface area contributed by atoms with Crippen molar-refractivity contribution in [1.29, 1.82) is 0 Å². The molecule has 1 unspecified atom stereocenters. The van der Waals surface area contributed by atoms with E-state index in [0.29, 0.717) is 0 Å². The molecule has 0 rings (SSSR count). The molecular formula is C7H13F3N2O2. The van der Waals surface area contributed by atoms with E-state index in [9.17, 15) is 18.0 Å². The Balaban J connectivity index is 3.85. The number of carbonyl (C=O) groups is 1. The number of ether oxygens (including phenoxy) is 1. The Hall–Kier alpha value is -0.820. The Morgan fingerprint density at radius 1 is 1.50 bits per heavy atom. The zero-order chi connectivity index (χ0) is 11.4. The van der Waals surface area contributed by atoms with Gasteiger partial charge in [0, 0.05) is 6.04 Å². The second-order valence-electron chi connectivity index (χ2n) is 3.03. The summed E-state index contributed by atoms with van der Waals surface area (Å²) in [6.07, 6.45) is -4.75. The maximum atomic E-state index is 11.5. The zero-order valence-electron chi connectivity index (χ0n) is 7.89. The van der Waals surface area contributed by atoms with E-state index < -0.39 is 24.9 Å². The van der Waals surface area contributed by atoms with Gasteiger partial charge in [-0.15, -0.1) is 13.2 Å². The van der Waals surface area contributed by atoms with Crippen molar-refractivity contribution in [3.05, 3.63) is 0 Å². The summed E-state index contributed by atoms with van der Waals surface area (Å²) in [6.45, 7) is 2.48. The molecule has 0 aliphatic carbocycles. The fraction of sp³-hybridized carbons (Fsp3) is 0.857. The molecule has 0 saturated carbocycles. The lowest BCUT2D eigenvalue weighted by Gasteiger charge is -2.15. The first kappa shape index (κ1) is 13.2. The van der Waals surface area contributed by atoms with E-state index in [4.69, 9.17) is 5.73 Å². The largest absolute Gasteiger partial charge is 0.522 e. The average Bonchev–Trinajstić information content (AvgIpc) is 1.97. The Bertz CT molecular complexity index is 194. The van der Waals surface area contributed by atoms with Crippen LogP contribution in [0.15, 0.2) is 0 Å². The number of alkyl halides is 3. The molecule has 7 heteroatoms. The van der Waals surface area contributed by atoms with E-state index in [0.717, 1.165) is 0 Å². The molecule has 0 aromatic heterocycles. The van der Waals surface area contributed by atoms with Crippen LogP contribution in [0.1, 0.15) is 13.8 Å². The number of hydrogen-bond donors (Lipinski definition) is 2. The van der Waals surface area contributed by atoms with Gasteiger partial charge in [0.15, 0.2) is 0 Å². The van der Waals surface area contributed by atoms with Crippen molar-refractivity contribution in [3.63, 3.8) is 0 Å². The fourth-order valence-corrected chi connectivity index (χ4v) is 0.652. The van der Waals surface area contributed by atoms with Gasteiger partial charge in [-0.3, -0.25) is 9.53 Å². The minimum absolute atomic E-state index is 0.167. The minimum Gasteiger partial charge on any atom is -0.353 e. The molecule has 4 nitrogen and oxygen atoms in total. The van der Waals surface area contributed by atoms with Gasteiger partial charge in [0.2, 0.25) is 5.91 Å². The van der Waals surface area contributed by atoms with Crippen molar-refractivity contribution in [2.24, 2.45) is 5.73 Å². The second-order valence-corrected chi connectivity index (χ2v) is 3.03. The molecule has 0 radical (unpaired) electrons. The summed E-state index contributed by atoms with van der Waals surface area (Å²) >= 11 is 0. The third-order valence-corrected chi connectivity index (χ3v) is 1.19. The van der Waals surface area contributed by atoms with Gasteiger partial charge in [0.1, 0.15) is 6.04 Å². The van der Waals surface area contributed by atoms with Crippen LogP contribution in [0, 0.1) is 0 Å². The molecule has 3 N–H and O–H groups in total. The average molecular weight is 214 g/mol. The van der Waals surface area contributed by atoms with E-state index in [-0.39, 0.29) is 6.04 Å². The molecule has 0 aliphatic rings. The molecule has 0 bridgehead atoms. The normalized spacial score (nSPS) is 14.2. The van der Waals surface area contributed by atoms with Crippen molar-refractivity contribution in [1.82, 2.24) is 5.32 Å². The topological polar surface area (TPSA) is 64.4 Å². The highest BCUT2D eigenvalue weighted by Gasteiger charge is 2.31. The molecule has 14 heavy (non-hydrogen) atoms. The highest BCUT2D eigenvalue weighted by molar-refractivity contribution is 5.81. The Morgan fingerprint density at radius 2 is 2.00 bits per heavy atom. The van der Waals surface area contributed by atoms with E-state index >= 15 is 0 Å². The predicted octanol–water partition coefficient (Wildman–Crippen LogP) is 0.375. The monoisotopic (exact) mass is 214 g/mol. The summed E-state index contributed by atoms with van der Waals surface area (Å²) < 4.78 is 38.0. The van der Waals surface area contributed by atoms with Crippen LogP contribution in [-0.2, 0) is 9.53 Å². The number of nitrogens with one attached hydrogen (secondary N) is 1. The van der Waals surface area contributed by atoms with Crippen LogP contribution >= 0.6 is 0 Å². The highest BCUT2D eigenvalue weighted by Crippen LogP contribution is 2.15. The van der Waals surface area contributed by atoms with Gasteiger partial charge >= 0.3 is 6.36 Å². The summed E-state index contributed by atoms with van der Waals surface area (Å²) in [5.74, 6) is -0.663. The molecule has 0 aliphatic heterocycles. The third-order valence-electron chi connectivity index (χ3n) is 1.19. The summed E-state index contributed by atoms with van der Waals surface area (Å²) in [4.78, 5) is 11.0. The van der Waals surface area contributed by atoms with Crippen molar-refractivity contribution < 1.29 is 22.7 Å². The molecule has 1 amide bonds. The first-order valence-corrected chi connectivity index (χ1v) is 3.99. The maximum Gasteiger partial charge on any atom is 0.522 e. The Labute approximate surface area is 79.6 Å². The predicted molar refractivity (Wildman–Crippen MR) is 43.3 cm³/mol. The molecule has 0 spiro atoms. The van der Waals surface area contributed by atoms with E-state index in [1.165, 1.54) is 0 Å². The maximum absolute atomic E-state index is 11.5. The second kappa shape index (κ2) is 5.16. The number of amides is 1. The van der Waals surface area contributed by atoms with Crippen molar-refractivity contribution in [2.45, 2.75) is 32.3 Å². The fourth-order valence-electron chi connectivity index (χ4n) is 0.652. The molecule has 0 aromatic carbocycles. The Kier molecular flexibility index (Phi) is 4.86. The van der Waals surface area contributed by atoms with E-state index in [1.807, 2.05) is 0 Å². The smallest absolute Gasteiger partial charge is 0.353 e. The van der Waals surface area contributed by atoms with E-state index in [2.05, 4.69) is 10.1 Å². The van der Waals surface area contributed by atoms with Gasteiger partial charge < -0.3 is 11.1 Å². The van der Waals surface area contributed by atoms with Crippen LogP contribution in [0.4, 0.5) is 13.2 Å². The van der Waals surface area contributed by atoms with Crippen molar-refractivity contribution >= 4 is 5.91 Å². The first-order valence-electron chi connectivity index (χ1n) is 3.99. The molecule has 1 atom stereocenters. The molecule has 0 fully saturated rings. The van der Waals surface area contributed by atoms with E-state index in [1.54, 1.807) is 13.8 Å². The van der Waals surface area contributed by atoms with Gasteiger partial charge in [-0.25, -0.2) is 0 Å². The van der Waals surface area contributed by atoms with Crippen LogP contribution in [0.2, 0.25) is 0 Å². The summed E-state index contributed by atoms with van der Waals surface area (Å²) in [6, 6.07) is -1.47. The van der Waals surface area contributed by atoms with Crippen LogP contribution in [0.5, 0.6) is 0 Å². The van der Waals surface area contributed by atoms with Gasteiger partial charge in [-0.2, -0.15) is 0 Å². The summed E-state index contributed by atoms with van der Waals surface area (Å²) in [7, 11) is 0. The van der Waals surface area contributed by atoms with Gasteiger partial charge in [-0.1, -0.05) is 0 Å². The zero-order valence-corrected chi connectivity index (χ0v) is 7.89. The number of carbonyl (C=O) groups excluding carboxylic acids is 1. The lowest BCUT2D eigenvalue weighted by molar-refractivity contribution is -0.325. The van der Waals surface area contributed by atoms with Gasteiger partial charge in [0.25, 0.3) is 0 Å². The quantitative estimate of drug-likeness (QED) is 0.710. The highest BCUT2D eigenvalue weighted by atomic mass is 19.4. The van der Waals surface area contributed by atoms with Crippen LogP contribution in [-0.4, -0.2) is 31.0 Å². The van der Waals surface area contributed by atoms with Crippen molar-refractivity contribution in [3.8, 4) is 0 Å². The third kappa shape index (κ3) is 6.67. The SMILES string of the molecule is CC(C)NC(=O)C(N)COC(F)(F)F. The molecule has 84 valence electrons. The number of hydrogen-bond acceptors (Lipinski definition) is 3. The molecule has 0 heterocycles. The standard InChI is InChI=1S/C7H13F3N2O2/c1-4(2)12-6(13)5(11)3-14-7(8,9)10/h4-5H,3,11H2,1-2H3,(H,12,13). The van der Waals surface area contributed by atoms with Crippen LogP contribution in [0.25, 0.3) is 0 Å². The van der Waals surface area contributed by atoms with Gasteiger partial charge in [-0.05, 0) is 13.8 Å². The lowest BCUT2D eigenvalue weighted by Crippen LogP contribution is -2.46. The molecule has 0 aromatic rings. The summed E-state index contributed by atoms with van der Waals surface area (Å²) in [5, 5.41) is 2.37. The summed E-state index contributed by atoms with van der Waals surface area (Å²) in [5.41, 5.74) is 5.14. The molecular weight excluding hydrogens is 201 g/mol. The van der Waals surface area contributed by atoms with Crippen molar-refractivity contribution in [2.75, 3.05) is 6.61 Å². The number of nitrogens with two attached hydrogens (primary N) is 1. The van der Waals surface area contributed by atoms with Crippen LogP contribution in [0.3, 0.4) is 0 Å². The lowest BCUT2D eigenvalue weighted by atomic mass is 10.3. The first-order chi connectivity index (χ1) is 6.22. The number of rotatable bonds is 4. The molecule has 0 saturated heterocycles. The van der Waals surface area contributed by atoms with Gasteiger partial charge in [0.05, 0.1) is 6.61 Å².